The maximum absolute atomic E-state index is 4.95. The molecule has 112 valence electrons. The van der Waals surface area contributed by atoms with Gasteiger partial charge >= 0.3 is 0 Å². The van der Waals surface area contributed by atoms with E-state index < -0.39 is 0 Å². The smallest absolute Gasteiger partial charge is 0.123 e. The molecular weight excluding hydrogens is 344 g/mol. The molecule has 1 fully saturated rings. The Bertz CT molecular complexity index is 644. The summed E-state index contributed by atoms with van der Waals surface area (Å²) in [6.45, 7) is 7.43. The lowest BCUT2D eigenvalue weighted by molar-refractivity contribution is 0.590. The number of thiazole rings is 1. The number of hydrogen-bond donors (Lipinski definition) is 1. The molecule has 1 aliphatic rings. The van der Waals surface area contributed by atoms with Gasteiger partial charge in [-0.25, -0.2) is 4.98 Å². The van der Waals surface area contributed by atoms with E-state index in [1.54, 1.807) is 0 Å². The molecule has 1 saturated carbocycles. The van der Waals surface area contributed by atoms with Gasteiger partial charge in [-0.3, -0.25) is 0 Å². The van der Waals surface area contributed by atoms with Gasteiger partial charge in [0.25, 0.3) is 0 Å². The third-order valence-corrected chi connectivity index (χ3v) is 5.76. The van der Waals surface area contributed by atoms with Crippen LogP contribution in [0.2, 0.25) is 0 Å². The van der Waals surface area contributed by atoms with Crippen LogP contribution in [-0.2, 0) is 6.54 Å². The van der Waals surface area contributed by atoms with E-state index in [1.165, 1.54) is 34.5 Å². The molecule has 1 aliphatic carbocycles. The van der Waals surface area contributed by atoms with Crippen molar-refractivity contribution in [3.63, 3.8) is 0 Å². The highest BCUT2D eigenvalue weighted by Gasteiger charge is 2.29. The molecule has 0 bridgehead atoms. The van der Waals surface area contributed by atoms with Crippen molar-refractivity contribution < 1.29 is 0 Å². The number of aryl methyl sites for hydroxylation is 1. The van der Waals surface area contributed by atoms with Gasteiger partial charge in [-0.2, -0.15) is 0 Å². The van der Waals surface area contributed by atoms with Crippen LogP contribution in [0.15, 0.2) is 22.7 Å². The van der Waals surface area contributed by atoms with Crippen LogP contribution in [-0.4, -0.2) is 11.0 Å². The zero-order valence-electron chi connectivity index (χ0n) is 12.7. The predicted octanol–water partition coefficient (Wildman–Crippen LogP) is 5.26. The van der Waals surface area contributed by atoms with Crippen molar-refractivity contribution in [1.29, 1.82) is 0 Å². The maximum atomic E-state index is 4.95. The molecule has 0 saturated heterocycles. The second kappa shape index (κ2) is 6.19. The molecule has 1 aromatic heterocycles. The summed E-state index contributed by atoms with van der Waals surface area (Å²) >= 11 is 5.47. The Kier molecular flexibility index (Phi) is 4.48. The number of aromatic nitrogens is 1. The second-order valence-corrected chi connectivity index (χ2v) is 8.04. The average molecular weight is 365 g/mol. The first-order valence-electron chi connectivity index (χ1n) is 7.54. The summed E-state index contributed by atoms with van der Waals surface area (Å²) in [6, 6.07) is 7.03. The maximum Gasteiger partial charge on any atom is 0.123 e. The zero-order chi connectivity index (χ0) is 15.0. The first-order chi connectivity index (χ1) is 10.0. The van der Waals surface area contributed by atoms with Crippen molar-refractivity contribution in [2.24, 2.45) is 0 Å². The van der Waals surface area contributed by atoms with Crippen molar-refractivity contribution in [2.75, 3.05) is 0 Å². The van der Waals surface area contributed by atoms with E-state index in [9.17, 15) is 0 Å². The minimum absolute atomic E-state index is 0.510. The number of halogens is 1. The molecule has 21 heavy (non-hydrogen) atoms. The summed E-state index contributed by atoms with van der Waals surface area (Å²) in [5.41, 5.74) is 3.81. The molecule has 0 aliphatic heterocycles. The average Bonchev–Trinajstić information content (AvgIpc) is 3.20. The van der Waals surface area contributed by atoms with Crippen LogP contribution in [0.25, 0.3) is 10.6 Å². The van der Waals surface area contributed by atoms with Gasteiger partial charge in [0.1, 0.15) is 5.01 Å². The number of rotatable bonds is 5. The predicted molar refractivity (Wildman–Crippen MR) is 93.9 cm³/mol. The molecule has 0 spiro atoms. The van der Waals surface area contributed by atoms with Gasteiger partial charge in [0.2, 0.25) is 0 Å². The summed E-state index contributed by atoms with van der Waals surface area (Å²) in [5, 5.41) is 4.68. The molecular formula is C17H21BrN2S. The summed E-state index contributed by atoms with van der Waals surface area (Å²) in [5.74, 6) is 0.702. The zero-order valence-corrected chi connectivity index (χ0v) is 15.1. The molecule has 2 aromatic rings. The number of nitrogens with one attached hydrogen (secondary N) is 1. The third-order valence-electron chi connectivity index (χ3n) is 3.78. The molecule has 0 radical (unpaired) electrons. The molecule has 1 aromatic carbocycles. The minimum atomic E-state index is 0.510. The Labute approximate surface area is 139 Å². The Morgan fingerprint density at radius 1 is 1.38 bits per heavy atom. The van der Waals surface area contributed by atoms with Gasteiger partial charge in [0.05, 0.1) is 5.69 Å². The highest BCUT2D eigenvalue weighted by Crippen LogP contribution is 2.44. The first kappa shape index (κ1) is 15.2. The molecule has 0 amide bonds. The number of nitrogens with zero attached hydrogens (tertiary/aromatic N) is 1. The van der Waals surface area contributed by atoms with Crippen LogP contribution >= 0.6 is 27.3 Å². The van der Waals surface area contributed by atoms with Crippen LogP contribution in [0.3, 0.4) is 0 Å². The van der Waals surface area contributed by atoms with E-state index in [1.807, 2.05) is 11.3 Å². The van der Waals surface area contributed by atoms with E-state index in [-0.39, 0.29) is 0 Å². The molecule has 0 unspecified atom stereocenters. The topological polar surface area (TPSA) is 24.9 Å². The standard InChI is InChI=1S/C17H21BrN2S/c1-10(2)19-9-15-16(12-6-7-12)20-17(21-15)13-5-4-11(3)14(18)8-13/h4-5,8,10,12,19H,6-7,9H2,1-3H3. The van der Waals surface area contributed by atoms with E-state index in [4.69, 9.17) is 4.98 Å². The minimum Gasteiger partial charge on any atom is -0.310 e. The number of benzene rings is 1. The summed E-state index contributed by atoms with van der Waals surface area (Å²) < 4.78 is 1.16. The van der Waals surface area contributed by atoms with Crippen LogP contribution in [0.5, 0.6) is 0 Å². The van der Waals surface area contributed by atoms with E-state index >= 15 is 0 Å². The Morgan fingerprint density at radius 3 is 2.76 bits per heavy atom. The lowest BCUT2D eigenvalue weighted by Crippen LogP contribution is -2.21. The van der Waals surface area contributed by atoms with Gasteiger partial charge in [-0.15, -0.1) is 11.3 Å². The fourth-order valence-electron chi connectivity index (χ4n) is 2.31. The van der Waals surface area contributed by atoms with Crippen molar-refractivity contribution in [2.45, 2.75) is 52.1 Å². The van der Waals surface area contributed by atoms with Crippen LogP contribution in [0.1, 0.15) is 48.7 Å². The summed E-state index contributed by atoms with van der Waals surface area (Å²) in [7, 11) is 0. The normalized spacial score (nSPS) is 14.9. The highest BCUT2D eigenvalue weighted by atomic mass is 79.9. The Balaban J connectivity index is 1.91. The van der Waals surface area contributed by atoms with Gasteiger partial charge in [-0.05, 0) is 31.4 Å². The summed E-state index contributed by atoms with van der Waals surface area (Å²) in [4.78, 5) is 6.36. The molecule has 4 heteroatoms. The molecule has 3 rings (SSSR count). The Hall–Kier alpha value is -0.710. The lowest BCUT2D eigenvalue weighted by Gasteiger charge is -2.07. The lowest BCUT2D eigenvalue weighted by atomic mass is 10.1. The van der Waals surface area contributed by atoms with Gasteiger partial charge in [0, 0.05) is 33.4 Å². The van der Waals surface area contributed by atoms with Gasteiger partial charge < -0.3 is 5.32 Å². The molecule has 0 atom stereocenters. The monoisotopic (exact) mass is 364 g/mol. The quantitative estimate of drug-likeness (QED) is 0.782. The second-order valence-electron chi connectivity index (χ2n) is 6.10. The number of hydrogen-bond acceptors (Lipinski definition) is 3. The first-order valence-corrected chi connectivity index (χ1v) is 9.15. The third kappa shape index (κ3) is 3.55. The Morgan fingerprint density at radius 2 is 2.14 bits per heavy atom. The van der Waals surface area contributed by atoms with Crippen LogP contribution in [0.4, 0.5) is 0 Å². The van der Waals surface area contributed by atoms with Crippen molar-refractivity contribution in [3.8, 4) is 10.6 Å². The van der Waals surface area contributed by atoms with Crippen molar-refractivity contribution in [3.05, 3.63) is 38.8 Å². The highest BCUT2D eigenvalue weighted by molar-refractivity contribution is 9.10. The van der Waals surface area contributed by atoms with Crippen molar-refractivity contribution in [1.82, 2.24) is 10.3 Å². The largest absolute Gasteiger partial charge is 0.310 e. The molecule has 1 heterocycles. The summed E-state index contributed by atoms with van der Waals surface area (Å²) in [6.07, 6.45) is 2.60. The SMILES string of the molecule is Cc1ccc(-c2nc(C3CC3)c(CNC(C)C)s2)cc1Br. The molecule has 1 N–H and O–H groups in total. The molecule has 2 nitrogen and oxygen atoms in total. The van der Waals surface area contributed by atoms with Gasteiger partial charge in [-0.1, -0.05) is 41.9 Å². The fraction of sp³-hybridized carbons (Fsp3) is 0.471. The van der Waals surface area contributed by atoms with Crippen LogP contribution in [0, 0.1) is 6.92 Å². The fourth-order valence-corrected chi connectivity index (χ4v) is 3.79. The van der Waals surface area contributed by atoms with E-state index in [0.29, 0.717) is 12.0 Å². The van der Waals surface area contributed by atoms with Crippen molar-refractivity contribution >= 4 is 27.3 Å². The van der Waals surface area contributed by atoms with E-state index in [0.717, 1.165) is 16.0 Å². The van der Waals surface area contributed by atoms with Crippen LogP contribution < -0.4 is 5.32 Å². The van der Waals surface area contributed by atoms with E-state index in [2.05, 4.69) is 60.2 Å². The van der Waals surface area contributed by atoms with Gasteiger partial charge in [0.15, 0.2) is 0 Å².